The molecule has 8 heteroatoms. The summed E-state index contributed by atoms with van der Waals surface area (Å²) in [4.78, 5) is 26.3. The molecule has 3 rings (SSSR count). The highest BCUT2D eigenvalue weighted by atomic mass is 35.5. The van der Waals surface area contributed by atoms with Crippen molar-refractivity contribution in [3.05, 3.63) is 51.2 Å². The van der Waals surface area contributed by atoms with Crippen molar-refractivity contribution in [3.63, 3.8) is 0 Å². The molecule has 0 bridgehead atoms. The van der Waals surface area contributed by atoms with Crippen LogP contribution in [0.15, 0.2) is 35.0 Å². The van der Waals surface area contributed by atoms with Crippen LogP contribution in [-0.2, 0) is 4.74 Å². The number of hydrogen-bond donors (Lipinski definition) is 1. The first-order valence-electron chi connectivity index (χ1n) is 9.13. The maximum Gasteiger partial charge on any atom is 0.254 e. The van der Waals surface area contributed by atoms with Crippen LogP contribution in [0.5, 0.6) is 5.75 Å². The van der Waals surface area contributed by atoms with Gasteiger partial charge in [-0.25, -0.2) is 0 Å². The van der Waals surface area contributed by atoms with E-state index >= 15 is 0 Å². The number of benzene rings is 1. The molecule has 1 fully saturated rings. The minimum Gasteiger partial charge on any atom is -0.489 e. The quantitative estimate of drug-likeness (QED) is 0.694. The summed E-state index contributed by atoms with van der Waals surface area (Å²) in [6.45, 7) is 2.19. The van der Waals surface area contributed by atoms with E-state index in [1.54, 1.807) is 25.3 Å². The van der Waals surface area contributed by atoms with Gasteiger partial charge < -0.3 is 19.7 Å². The molecule has 1 aromatic carbocycles. The van der Waals surface area contributed by atoms with Crippen molar-refractivity contribution in [1.82, 2.24) is 10.2 Å². The standard InChI is InChI=1S/C20H23ClN2O4S/c1-26-10-7-22-19(24)14-2-3-18(17(21)12-14)27-16-4-8-23(9-5-16)20(25)15-6-11-28-13-15/h2-3,6,11-13,16H,4-5,7-10H2,1H3,(H,22,24). The Labute approximate surface area is 173 Å². The predicted octanol–water partition coefficient (Wildman–Crippen LogP) is 3.46. The van der Waals surface area contributed by atoms with E-state index in [4.69, 9.17) is 21.1 Å². The number of methoxy groups -OCH3 is 1. The molecule has 1 N–H and O–H groups in total. The van der Waals surface area contributed by atoms with E-state index in [1.165, 1.54) is 11.3 Å². The van der Waals surface area contributed by atoms with Crippen LogP contribution < -0.4 is 10.1 Å². The zero-order valence-corrected chi connectivity index (χ0v) is 17.2. The second-order valence-electron chi connectivity index (χ2n) is 6.52. The normalized spacial score (nSPS) is 14.7. The average molecular weight is 423 g/mol. The molecule has 2 aromatic rings. The lowest BCUT2D eigenvalue weighted by Gasteiger charge is -2.32. The Morgan fingerprint density at radius 1 is 1.25 bits per heavy atom. The molecule has 2 heterocycles. The Balaban J connectivity index is 1.52. The fourth-order valence-electron chi connectivity index (χ4n) is 3.03. The third kappa shape index (κ3) is 5.25. The predicted molar refractivity (Wildman–Crippen MR) is 110 cm³/mol. The van der Waals surface area contributed by atoms with E-state index < -0.39 is 0 Å². The number of rotatable bonds is 7. The number of thiophene rings is 1. The van der Waals surface area contributed by atoms with E-state index in [2.05, 4.69) is 5.32 Å². The van der Waals surface area contributed by atoms with E-state index in [1.807, 2.05) is 21.7 Å². The molecule has 1 aromatic heterocycles. The highest BCUT2D eigenvalue weighted by Gasteiger charge is 2.25. The summed E-state index contributed by atoms with van der Waals surface area (Å²) < 4.78 is 10.9. The zero-order valence-electron chi connectivity index (χ0n) is 15.7. The van der Waals surface area contributed by atoms with Gasteiger partial charge in [-0.3, -0.25) is 9.59 Å². The lowest BCUT2D eigenvalue weighted by molar-refractivity contribution is 0.0596. The number of ether oxygens (including phenoxy) is 2. The Morgan fingerprint density at radius 2 is 2.04 bits per heavy atom. The molecule has 1 saturated heterocycles. The zero-order chi connectivity index (χ0) is 19.9. The second-order valence-corrected chi connectivity index (χ2v) is 7.70. The number of piperidine rings is 1. The van der Waals surface area contributed by atoms with Crippen LogP contribution in [0.4, 0.5) is 0 Å². The van der Waals surface area contributed by atoms with Gasteiger partial charge in [0, 0.05) is 50.5 Å². The van der Waals surface area contributed by atoms with Gasteiger partial charge in [0.15, 0.2) is 0 Å². The summed E-state index contributed by atoms with van der Waals surface area (Å²) in [6.07, 6.45) is 1.47. The Bertz CT molecular complexity index is 805. The number of amides is 2. The molecule has 1 aliphatic rings. The maximum atomic E-state index is 12.4. The SMILES string of the molecule is COCCNC(=O)c1ccc(OC2CCN(C(=O)c3ccsc3)CC2)c(Cl)c1. The van der Waals surface area contributed by atoms with E-state index in [-0.39, 0.29) is 17.9 Å². The molecular weight excluding hydrogens is 400 g/mol. The molecule has 0 spiro atoms. The average Bonchev–Trinajstić information content (AvgIpc) is 3.24. The van der Waals surface area contributed by atoms with Crippen molar-refractivity contribution >= 4 is 34.8 Å². The molecule has 2 amide bonds. The van der Waals surface area contributed by atoms with Crippen LogP contribution in [0.25, 0.3) is 0 Å². The number of carbonyl (C=O) groups excluding carboxylic acids is 2. The summed E-state index contributed by atoms with van der Waals surface area (Å²) >= 11 is 7.83. The van der Waals surface area contributed by atoms with Gasteiger partial charge in [-0.05, 0) is 29.6 Å². The number of likely N-dealkylation sites (tertiary alicyclic amines) is 1. The molecule has 0 atom stereocenters. The minimum atomic E-state index is -0.203. The van der Waals surface area contributed by atoms with Crippen molar-refractivity contribution in [2.75, 3.05) is 33.4 Å². The van der Waals surface area contributed by atoms with Gasteiger partial charge in [0.05, 0.1) is 17.2 Å². The molecule has 0 saturated carbocycles. The molecule has 6 nitrogen and oxygen atoms in total. The fourth-order valence-corrected chi connectivity index (χ4v) is 3.89. The molecule has 0 radical (unpaired) electrons. The Hall–Kier alpha value is -2.09. The molecule has 0 aliphatic carbocycles. The number of halogens is 1. The lowest BCUT2D eigenvalue weighted by Crippen LogP contribution is -2.41. The van der Waals surface area contributed by atoms with Crippen molar-refractivity contribution in [2.45, 2.75) is 18.9 Å². The van der Waals surface area contributed by atoms with E-state index in [9.17, 15) is 9.59 Å². The topological polar surface area (TPSA) is 67.9 Å². The molecule has 28 heavy (non-hydrogen) atoms. The van der Waals surface area contributed by atoms with Crippen molar-refractivity contribution in [3.8, 4) is 5.75 Å². The maximum absolute atomic E-state index is 12.4. The van der Waals surface area contributed by atoms with Crippen LogP contribution in [-0.4, -0.2) is 56.2 Å². The molecular formula is C20H23ClN2O4S. The van der Waals surface area contributed by atoms with Gasteiger partial charge in [0.2, 0.25) is 0 Å². The van der Waals surface area contributed by atoms with Crippen molar-refractivity contribution in [1.29, 1.82) is 0 Å². The van der Waals surface area contributed by atoms with Gasteiger partial charge in [-0.1, -0.05) is 11.6 Å². The summed E-state index contributed by atoms with van der Waals surface area (Å²) in [7, 11) is 1.58. The number of nitrogens with zero attached hydrogens (tertiary/aromatic N) is 1. The molecule has 150 valence electrons. The lowest BCUT2D eigenvalue weighted by atomic mass is 10.1. The highest BCUT2D eigenvalue weighted by Crippen LogP contribution is 2.28. The first-order chi connectivity index (χ1) is 13.6. The van der Waals surface area contributed by atoms with Gasteiger partial charge in [-0.2, -0.15) is 11.3 Å². The minimum absolute atomic E-state index is 0.00888. The monoisotopic (exact) mass is 422 g/mol. The third-order valence-corrected chi connectivity index (χ3v) is 5.56. The Kier molecular flexibility index (Phi) is 7.30. The fraction of sp³-hybridized carbons (Fsp3) is 0.400. The summed E-state index contributed by atoms with van der Waals surface area (Å²) in [5.74, 6) is 0.421. The summed E-state index contributed by atoms with van der Waals surface area (Å²) in [6, 6.07) is 6.87. The third-order valence-electron chi connectivity index (χ3n) is 4.58. The molecule has 1 aliphatic heterocycles. The van der Waals surface area contributed by atoms with Crippen LogP contribution in [0, 0.1) is 0 Å². The van der Waals surface area contributed by atoms with E-state index in [0.717, 1.165) is 18.4 Å². The van der Waals surface area contributed by atoms with Crippen LogP contribution in [0.3, 0.4) is 0 Å². The van der Waals surface area contributed by atoms with Gasteiger partial charge in [-0.15, -0.1) is 0 Å². The van der Waals surface area contributed by atoms with Crippen molar-refractivity contribution < 1.29 is 19.1 Å². The van der Waals surface area contributed by atoms with Crippen LogP contribution >= 0.6 is 22.9 Å². The van der Waals surface area contributed by atoms with Gasteiger partial charge in [0.25, 0.3) is 11.8 Å². The largest absolute Gasteiger partial charge is 0.489 e. The van der Waals surface area contributed by atoms with Crippen LogP contribution in [0.1, 0.15) is 33.6 Å². The number of nitrogens with one attached hydrogen (secondary N) is 1. The summed E-state index contributed by atoms with van der Waals surface area (Å²) in [5.41, 5.74) is 1.22. The van der Waals surface area contributed by atoms with Crippen LogP contribution in [0.2, 0.25) is 5.02 Å². The van der Waals surface area contributed by atoms with Gasteiger partial charge in [0.1, 0.15) is 11.9 Å². The number of hydrogen-bond acceptors (Lipinski definition) is 5. The Morgan fingerprint density at radius 3 is 2.68 bits per heavy atom. The second kappa shape index (κ2) is 9.91. The highest BCUT2D eigenvalue weighted by molar-refractivity contribution is 7.08. The van der Waals surface area contributed by atoms with E-state index in [0.29, 0.717) is 42.6 Å². The van der Waals surface area contributed by atoms with Crippen molar-refractivity contribution in [2.24, 2.45) is 0 Å². The first kappa shape index (κ1) is 20.6. The first-order valence-corrected chi connectivity index (χ1v) is 10.5. The smallest absolute Gasteiger partial charge is 0.254 e. The summed E-state index contributed by atoms with van der Waals surface area (Å²) in [5, 5.41) is 6.94. The number of carbonyl (C=O) groups is 2. The van der Waals surface area contributed by atoms with Gasteiger partial charge >= 0.3 is 0 Å². The molecule has 0 unspecified atom stereocenters.